The number of nitrogens with one attached hydrogen (secondary N) is 1. The predicted molar refractivity (Wildman–Crippen MR) is 89.4 cm³/mol. The second kappa shape index (κ2) is 6.88. The SMILES string of the molecule is Cc1noc(C2CCN(C(=O)Nc3cc([N+](=O)[O-])ccc3C)CC2)n1. The lowest BCUT2D eigenvalue weighted by Gasteiger charge is -2.30. The molecule has 2 amide bonds. The number of urea groups is 1. The molecule has 1 aromatic carbocycles. The highest BCUT2D eigenvalue weighted by Gasteiger charge is 2.27. The summed E-state index contributed by atoms with van der Waals surface area (Å²) in [6.45, 7) is 4.69. The number of carbonyl (C=O) groups is 1. The molecule has 1 aliphatic rings. The first-order chi connectivity index (χ1) is 11.9. The van der Waals surface area contributed by atoms with Crippen LogP contribution >= 0.6 is 0 Å². The fourth-order valence-corrected chi connectivity index (χ4v) is 2.86. The molecule has 2 heterocycles. The number of nitro benzene ring substituents is 1. The Morgan fingerprint density at radius 3 is 2.68 bits per heavy atom. The van der Waals surface area contributed by atoms with Crippen LogP contribution in [0.15, 0.2) is 22.7 Å². The third-order valence-electron chi connectivity index (χ3n) is 4.35. The van der Waals surface area contributed by atoms with Crippen LogP contribution in [0.25, 0.3) is 0 Å². The van der Waals surface area contributed by atoms with Crippen molar-refractivity contribution in [3.63, 3.8) is 0 Å². The summed E-state index contributed by atoms with van der Waals surface area (Å²) in [5, 5.41) is 17.5. The van der Waals surface area contributed by atoms with Crippen LogP contribution in [-0.4, -0.2) is 39.1 Å². The number of piperidine rings is 1. The minimum absolute atomic E-state index is 0.0497. The normalized spacial score (nSPS) is 15.2. The average Bonchev–Trinajstić information content (AvgIpc) is 3.03. The Bertz CT molecular complexity index is 796. The topological polar surface area (TPSA) is 114 Å². The molecule has 0 spiro atoms. The molecule has 0 atom stereocenters. The van der Waals surface area contributed by atoms with E-state index in [1.807, 2.05) is 0 Å². The first-order valence-corrected chi connectivity index (χ1v) is 8.05. The van der Waals surface area contributed by atoms with Gasteiger partial charge < -0.3 is 14.7 Å². The Labute approximate surface area is 144 Å². The molecule has 3 rings (SSSR count). The first kappa shape index (κ1) is 16.9. The van der Waals surface area contributed by atoms with Crippen LogP contribution in [0.5, 0.6) is 0 Å². The molecule has 1 aromatic heterocycles. The molecular weight excluding hydrogens is 326 g/mol. The Balaban J connectivity index is 1.61. The van der Waals surface area contributed by atoms with Gasteiger partial charge in [-0.05, 0) is 32.3 Å². The van der Waals surface area contributed by atoms with E-state index in [4.69, 9.17) is 4.52 Å². The molecule has 0 unspecified atom stereocenters. The van der Waals surface area contributed by atoms with Crippen molar-refractivity contribution in [2.24, 2.45) is 0 Å². The van der Waals surface area contributed by atoms with E-state index in [1.165, 1.54) is 12.1 Å². The molecule has 1 fully saturated rings. The smallest absolute Gasteiger partial charge is 0.321 e. The number of benzene rings is 1. The van der Waals surface area contributed by atoms with E-state index >= 15 is 0 Å². The summed E-state index contributed by atoms with van der Waals surface area (Å²) in [4.78, 5) is 28.8. The monoisotopic (exact) mass is 345 g/mol. The van der Waals surface area contributed by atoms with Crippen molar-refractivity contribution in [2.75, 3.05) is 18.4 Å². The number of nitro groups is 1. The largest absolute Gasteiger partial charge is 0.339 e. The summed E-state index contributed by atoms with van der Waals surface area (Å²) < 4.78 is 5.20. The summed E-state index contributed by atoms with van der Waals surface area (Å²) in [6, 6.07) is 4.16. The maximum absolute atomic E-state index is 12.4. The van der Waals surface area contributed by atoms with Crippen molar-refractivity contribution in [3.8, 4) is 0 Å². The van der Waals surface area contributed by atoms with E-state index in [0.717, 1.165) is 18.4 Å². The van der Waals surface area contributed by atoms with Gasteiger partial charge in [-0.1, -0.05) is 11.2 Å². The summed E-state index contributed by atoms with van der Waals surface area (Å²) >= 11 is 0. The van der Waals surface area contributed by atoms with E-state index < -0.39 is 4.92 Å². The highest BCUT2D eigenvalue weighted by atomic mass is 16.6. The summed E-state index contributed by atoms with van der Waals surface area (Å²) in [7, 11) is 0. The standard InChI is InChI=1S/C16H19N5O4/c1-10-3-4-13(21(23)24)9-14(10)18-16(22)20-7-5-12(6-8-20)15-17-11(2)19-25-15/h3-4,9,12H,5-8H2,1-2H3,(H,18,22). The third-order valence-corrected chi connectivity index (χ3v) is 4.35. The van der Waals surface area contributed by atoms with Gasteiger partial charge in [0.2, 0.25) is 5.89 Å². The minimum Gasteiger partial charge on any atom is -0.339 e. The van der Waals surface area contributed by atoms with Gasteiger partial charge in [-0.3, -0.25) is 10.1 Å². The lowest BCUT2D eigenvalue weighted by molar-refractivity contribution is -0.384. The Morgan fingerprint density at radius 2 is 2.08 bits per heavy atom. The fourth-order valence-electron chi connectivity index (χ4n) is 2.86. The molecule has 0 saturated carbocycles. The zero-order chi connectivity index (χ0) is 18.0. The van der Waals surface area contributed by atoms with Crippen LogP contribution in [0.3, 0.4) is 0 Å². The number of hydrogen-bond acceptors (Lipinski definition) is 6. The average molecular weight is 345 g/mol. The number of likely N-dealkylation sites (tertiary alicyclic amines) is 1. The lowest BCUT2D eigenvalue weighted by Crippen LogP contribution is -2.40. The molecule has 9 heteroatoms. The number of nitrogens with zero attached hydrogens (tertiary/aromatic N) is 4. The molecule has 1 N–H and O–H groups in total. The van der Waals surface area contributed by atoms with Gasteiger partial charge in [-0.15, -0.1) is 0 Å². The molecule has 1 saturated heterocycles. The Morgan fingerprint density at radius 1 is 1.36 bits per heavy atom. The highest BCUT2D eigenvalue weighted by Crippen LogP contribution is 2.28. The van der Waals surface area contributed by atoms with Crippen LogP contribution in [0, 0.1) is 24.0 Å². The number of aromatic nitrogens is 2. The molecule has 1 aliphatic heterocycles. The molecule has 2 aromatic rings. The van der Waals surface area contributed by atoms with Crippen molar-refractivity contribution in [2.45, 2.75) is 32.6 Å². The minimum atomic E-state index is -0.479. The maximum Gasteiger partial charge on any atom is 0.321 e. The predicted octanol–water partition coefficient (Wildman–Crippen LogP) is 3.01. The van der Waals surface area contributed by atoms with E-state index in [0.29, 0.717) is 30.5 Å². The Hall–Kier alpha value is -2.97. The van der Waals surface area contributed by atoms with Crippen molar-refractivity contribution in [1.82, 2.24) is 15.0 Å². The van der Waals surface area contributed by atoms with Crippen molar-refractivity contribution in [3.05, 3.63) is 45.6 Å². The van der Waals surface area contributed by atoms with Gasteiger partial charge in [0.25, 0.3) is 5.69 Å². The van der Waals surface area contributed by atoms with Crippen LogP contribution in [0.4, 0.5) is 16.2 Å². The van der Waals surface area contributed by atoms with E-state index in [-0.39, 0.29) is 17.6 Å². The Kier molecular flexibility index (Phi) is 4.64. The molecule has 0 bridgehead atoms. The lowest BCUT2D eigenvalue weighted by atomic mass is 9.97. The first-order valence-electron chi connectivity index (χ1n) is 8.05. The van der Waals surface area contributed by atoms with Gasteiger partial charge in [-0.25, -0.2) is 4.79 Å². The molecule has 0 radical (unpaired) electrons. The number of non-ortho nitro benzene ring substituents is 1. The number of carbonyl (C=O) groups excluding carboxylic acids is 1. The molecule has 0 aliphatic carbocycles. The maximum atomic E-state index is 12.4. The number of anilines is 1. The van der Waals surface area contributed by atoms with E-state index in [1.54, 1.807) is 24.8 Å². The number of hydrogen-bond donors (Lipinski definition) is 1. The van der Waals surface area contributed by atoms with Gasteiger partial charge >= 0.3 is 6.03 Å². The second-order valence-electron chi connectivity index (χ2n) is 6.13. The van der Waals surface area contributed by atoms with Gasteiger partial charge in [0.15, 0.2) is 5.82 Å². The van der Waals surface area contributed by atoms with E-state index in [2.05, 4.69) is 15.5 Å². The third kappa shape index (κ3) is 3.76. The molecule has 9 nitrogen and oxygen atoms in total. The molecular formula is C16H19N5O4. The zero-order valence-corrected chi connectivity index (χ0v) is 14.1. The summed E-state index contributed by atoms with van der Waals surface area (Å²) in [5.74, 6) is 1.38. The molecule has 132 valence electrons. The summed E-state index contributed by atoms with van der Waals surface area (Å²) in [6.07, 6.45) is 1.48. The fraction of sp³-hybridized carbons (Fsp3) is 0.438. The highest BCUT2D eigenvalue weighted by molar-refractivity contribution is 5.90. The van der Waals surface area contributed by atoms with Crippen LogP contribution in [0.2, 0.25) is 0 Å². The zero-order valence-electron chi connectivity index (χ0n) is 14.1. The van der Waals surface area contributed by atoms with Crippen LogP contribution in [-0.2, 0) is 0 Å². The van der Waals surface area contributed by atoms with Crippen LogP contribution < -0.4 is 5.32 Å². The van der Waals surface area contributed by atoms with Crippen molar-refractivity contribution < 1.29 is 14.2 Å². The van der Waals surface area contributed by atoms with Gasteiger partial charge in [0, 0.05) is 31.1 Å². The van der Waals surface area contributed by atoms with Gasteiger partial charge in [0.05, 0.1) is 10.6 Å². The summed E-state index contributed by atoms with van der Waals surface area (Å²) in [5.41, 5.74) is 1.18. The van der Waals surface area contributed by atoms with Crippen LogP contribution in [0.1, 0.15) is 36.0 Å². The number of aryl methyl sites for hydroxylation is 2. The number of amides is 2. The van der Waals surface area contributed by atoms with Crippen molar-refractivity contribution >= 4 is 17.4 Å². The number of rotatable bonds is 3. The van der Waals surface area contributed by atoms with Gasteiger partial charge in [0.1, 0.15) is 0 Å². The molecule has 25 heavy (non-hydrogen) atoms. The van der Waals surface area contributed by atoms with Gasteiger partial charge in [-0.2, -0.15) is 4.98 Å². The second-order valence-corrected chi connectivity index (χ2v) is 6.13. The van der Waals surface area contributed by atoms with Crippen molar-refractivity contribution in [1.29, 1.82) is 0 Å². The van der Waals surface area contributed by atoms with E-state index in [9.17, 15) is 14.9 Å². The quantitative estimate of drug-likeness (QED) is 0.675.